The second-order valence-electron chi connectivity index (χ2n) is 4.50. The molecule has 1 aromatic rings. The highest BCUT2D eigenvalue weighted by Crippen LogP contribution is 2.43. The second kappa shape index (κ2) is 3.02. The van der Waals surface area contributed by atoms with Gasteiger partial charge in [0, 0.05) is 18.3 Å². The fourth-order valence-corrected chi connectivity index (χ4v) is 2.91. The first kappa shape index (κ1) is 8.84. The maximum atomic E-state index is 11.7. The van der Waals surface area contributed by atoms with Crippen LogP contribution in [0, 0.1) is 5.92 Å². The minimum absolute atomic E-state index is 0.0834. The molecule has 0 heterocycles. The molecule has 0 aromatic heterocycles. The Balaban J connectivity index is 2.05. The number of fused-ring (bicyclic) bond motifs is 3. The molecule has 2 unspecified atom stereocenters. The molecule has 0 N–H and O–H groups in total. The largest absolute Gasteiger partial charge is 0.299 e. The predicted octanol–water partition coefficient (Wildman–Crippen LogP) is 1.87. The molecule has 1 saturated carbocycles. The van der Waals surface area contributed by atoms with E-state index in [4.69, 9.17) is 0 Å². The van der Waals surface area contributed by atoms with Crippen LogP contribution in [0.25, 0.3) is 0 Å². The van der Waals surface area contributed by atoms with E-state index in [-0.39, 0.29) is 29.8 Å². The molecule has 3 rings (SSSR count). The van der Waals surface area contributed by atoms with Gasteiger partial charge in [-0.1, -0.05) is 24.3 Å². The van der Waals surface area contributed by atoms with Crippen molar-refractivity contribution < 1.29 is 9.59 Å². The smallest absolute Gasteiger partial charge is 0.144 e. The van der Waals surface area contributed by atoms with Crippen LogP contribution >= 0.6 is 0 Å². The fraction of sp³-hybridized carbons (Fsp3) is 0.385. The molecule has 0 spiro atoms. The third kappa shape index (κ3) is 1.24. The average molecular weight is 200 g/mol. The highest BCUT2D eigenvalue weighted by molar-refractivity contribution is 6.04. The second-order valence-corrected chi connectivity index (χ2v) is 4.50. The number of benzene rings is 1. The Kier molecular flexibility index (Phi) is 1.78. The van der Waals surface area contributed by atoms with Gasteiger partial charge in [-0.15, -0.1) is 0 Å². The van der Waals surface area contributed by atoms with Gasteiger partial charge in [-0.05, 0) is 17.5 Å². The lowest BCUT2D eigenvalue weighted by Gasteiger charge is -2.23. The first-order valence-corrected chi connectivity index (χ1v) is 5.38. The Labute approximate surface area is 88.3 Å². The molecule has 2 atom stereocenters. The number of rotatable bonds is 0. The van der Waals surface area contributed by atoms with Crippen LogP contribution in [0.4, 0.5) is 0 Å². The Morgan fingerprint density at radius 3 is 2.67 bits per heavy atom. The first-order valence-electron chi connectivity index (χ1n) is 5.38. The Morgan fingerprint density at radius 1 is 1.00 bits per heavy atom. The summed E-state index contributed by atoms with van der Waals surface area (Å²) in [6, 6.07) is 8.13. The Hall–Kier alpha value is -1.44. The van der Waals surface area contributed by atoms with Gasteiger partial charge in [0.2, 0.25) is 0 Å². The van der Waals surface area contributed by atoms with Gasteiger partial charge in [-0.2, -0.15) is 0 Å². The highest BCUT2D eigenvalue weighted by atomic mass is 16.1. The van der Waals surface area contributed by atoms with Crippen LogP contribution in [-0.4, -0.2) is 11.6 Å². The van der Waals surface area contributed by atoms with Gasteiger partial charge in [-0.25, -0.2) is 0 Å². The summed E-state index contributed by atoms with van der Waals surface area (Å²) in [6.45, 7) is 0. The van der Waals surface area contributed by atoms with E-state index in [1.165, 1.54) is 11.1 Å². The van der Waals surface area contributed by atoms with Crippen LogP contribution in [0.2, 0.25) is 0 Å². The number of carbonyl (C=O) groups is 2. The van der Waals surface area contributed by atoms with Crippen LogP contribution in [0.3, 0.4) is 0 Å². The molecule has 0 radical (unpaired) electrons. The van der Waals surface area contributed by atoms with E-state index in [2.05, 4.69) is 12.1 Å². The van der Waals surface area contributed by atoms with Crippen LogP contribution in [-0.2, 0) is 16.0 Å². The Morgan fingerprint density at radius 2 is 1.80 bits per heavy atom. The molecular formula is C13H12O2. The third-order valence-corrected chi connectivity index (χ3v) is 3.61. The van der Waals surface area contributed by atoms with Gasteiger partial charge >= 0.3 is 0 Å². The van der Waals surface area contributed by atoms with E-state index in [0.29, 0.717) is 6.42 Å². The van der Waals surface area contributed by atoms with Crippen molar-refractivity contribution >= 4 is 11.6 Å². The molecule has 0 bridgehead atoms. The summed E-state index contributed by atoms with van der Waals surface area (Å²) in [5, 5.41) is 0. The topological polar surface area (TPSA) is 34.1 Å². The van der Waals surface area contributed by atoms with Gasteiger partial charge < -0.3 is 0 Å². The maximum absolute atomic E-state index is 11.7. The van der Waals surface area contributed by atoms with E-state index in [1.807, 2.05) is 12.1 Å². The summed E-state index contributed by atoms with van der Waals surface area (Å²) in [5.74, 6) is 0.514. The lowest BCUT2D eigenvalue weighted by molar-refractivity contribution is -0.133. The van der Waals surface area contributed by atoms with Crippen molar-refractivity contribution in [3.8, 4) is 0 Å². The van der Waals surface area contributed by atoms with Crippen molar-refractivity contribution in [2.24, 2.45) is 5.92 Å². The summed E-state index contributed by atoms with van der Waals surface area (Å²) in [6.07, 6.45) is 1.57. The van der Waals surface area contributed by atoms with Crippen molar-refractivity contribution in [3.05, 3.63) is 35.4 Å². The number of carbonyl (C=O) groups excluding carboxylic acids is 2. The molecule has 2 aliphatic rings. The van der Waals surface area contributed by atoms with Gasteiger partial charge in [0.25, 0.3) is 0 Å². The normalized spacial score (nSPS) is 28.8. The van der Waals surface area contributed by atoms with E-state index in [9.17, 15) is 9.59 Å². The fourth-order valence-electron chi connectivity index (χ4n) is 2.91. The minimum atomic E-state index is 0.0834. The van der Waals surface area contributed by atoms with Gasteiger partial charge in [0.05, 0.1) is 6.42 Å². The summed E-state index contributed by atoms with van der Waals surface area (Å²) in [4.78, 5) is 23.1. The van der Waals surface area contributed by atoms with E-state index < -0.39 is 0 Å². The van der Waals surface area contributed by atoms with Crippen molar-refractivity contribution in [2.45, 2.75) is 25.2 Å². The van der Waals surface area contributed by atoms with Crippen molar-refractivity contribution in [1.82, 2.24) is 0 Å². The summed E-state index contributed by atoms with van der Waals surface area (Å²) in [7, 11) is 0. The van der Waals surface area contributed by atoms with Crippen LogP contribution in [0.15, 0.2) is 24.3 Å². The van der Waals surface area contributed by atoms with E-state index in [1.54, 1.807) is 0 Å². The average Bonchev–Trinajstić information content (AvgIpc) is 2.57. The summed E-state index contributed by atoms with van der Waals surface area (Å²) < 4.78 is 0. The third-order valence-electron chi connectivity index (χ3n) is 3.61. The van der Waals surface area contributed by atoms with Gasteiger partial charge in [0.1, 0.15) is 11.6 Å². The van der Waals surface area contributed by atoms with Crippen molar-refractivity contribution in [3.63, 3.8) is 0 Å². The van der Waals surface area contributed by atoms with E-state index in [0.717, 1.165) is 6.42 Å². The summed E-state index contributed by atoms with van der Waals surface area (Å²) in [5.41, 5.74) is 2.49. The molecule has 2 heteroatoms. The zero-order chi connectivity index (χ0) is 10.4. The lowest BCUT2D eigenvalue weighted by Crippen LogP contribution is -2.29. The number of hydrogen-bond donors (Lipinski definition) is 0. The number of ketones is 2. The first-order chi connectivity index (χ1) is 7.25. The lowest BCUT2D eigenvalue weighted by atomic mass is 9.78. The van der Waals surface area contributed by atoms with Gasteiger partial charge in [-0.3, -0.25) is 9.59 Å². The molecular weight excluding hydrogens is 188 g/mol. The molecule has 0 amide bonds. The zero-order valence-electron chi connectivity index (χ0n) is 8.40. The maximum Gasteiger partial charge on any atom is 0.144 e. The van der Waals surface area contributed by atoms with Crippen LogP contribution in [0.1, 0.15) is 29.9 Å². The standard InChI is InChI=1S/C13H12O2/c14-9-6-11-10-4-2-1-3-8(10)5-12(11)13(15)7-9/h1-4,11-12H,5-7H2. The predicted molar refractivity (Wildman–Crippen MR) is 55.6 cm³/mol. The number of Topliss-reactive ketones (excluding diaryl/α,β-unsaturated/α-hetero) is 2. The summed E-state index contributed by atoms with van der Waals surface area (Å²) >= 11 is 0. The molecule has 0 saturated heterocycles. The minimum Gasteiger partial charge on any atom is -0.299 e. The quantitative estimate of drug-likeness (QED) is 0.599. The SMILES string of the molecule is O=C1CC(=O)C2Cc3ccccc3C2C1. The monoisotopic (exact) mass is 200 g/mol. The van der Waals surface area contributed by atoms with Crippen LogP contribution < -0.4 is 0 Å². The molecule has 1 aromatic carbocycles. The Bertz CT molecular complexity index is 448. The molecule has 2 nitrogen and oxygen atoms in total. The van der Waals surface area contributed by atoms with Gasteiger partial charge in [0.15, 0.2) is 0 Å². The van der Waals surface area contributed by atoms with E-state index >= 15 is 0 Å². The molecule has 2 aliphatic carbocycles. The zero-order valence-corrected chi connectivity index (χ0v) is 8.40. The number of hydrogen-bond acceptors (Lipinski definition) is 2. The molecule has 1 fully saturated rings. The van der Waals surface area contributed by atoms with Crippen LogP contribution in [0.5, 0.6) is 0 Å². The molecule has 76 valence electrons. The highest BCUT2D eigenvalue weighted by Gasteiger charge is 2.41. The van der Waals surface area contributed by atoms with Crippen molar-refractivity contribution in [1.29, 1.82) is 0 Å². The molecule has 0 aliphatic heterocycles. The molecule has 15 heavy (non-hydrogen) atoms. The van der Waals surface area contributed by atoms with Crippen molar-refractivity contribution in [2.75, 3.05) is 0 Å².